The van der Waals surface area contributed by atoms with Crippen LogP contribution >= 0.6 is 0 Å². The molecule has 14 nitrogen and oxygen atoms in total. The van der Waals surface area contributed by atoms with E-state index < -0.39 is 17.9 Å². The Bertz CT molecular complexity index is 2490. The average molecular weight is 745 g/mol. The lowest BCUT2D eigenvalue weighted by Crippen LogP contribution is -2.07. The van der Waals surface area contributed by atoms with Crippen molar-refractivity contribution in [2.75, 3.05) is 11.5 Å². The van der Waals surface area contributed by atoms with Crippen molar-refractivity contribution in [2.45, 2.75) is 0 Å². The van der Waals surface area contributed by atoms with Gasteiger partial charge < -0.3 is 41.7 Å². The molecule has 0 aliphatic carbocycles. The lowest BCUT2D eigenvalue weighted by molar-refractivity contribution is 0.0696. The van der Waals surface area contributed by atoms with Gasteiger partial charge in [-0.2, -0.15) is 0 Å². The number of para-hydroxylation sites is 8. The Morgan fingerprint density at radius 1 is 0.411 bits per heavy atom. The van der Waals surface area contributed by atoms with Crippen LogP contribution in [0.5, 0.6) is 0 Å². The van der Waals surface area contributed by atoms with Crippen LogP contribution in [0.25, 0.3) is 67.3 Å². The highest BCUT2D eigenvalue weighted by molar-refractivity contribution is 5.99. The summed E-state index contributed by atoms with van der Waals surface area (Å²) in [7, 11) is 0. The van der Waals surface area contributed by atoms with Crippen molar-refractivity contribution >= 4 is 62.4 Å². The van der Waals surface area contributed by atoms with Gasteiger partial charge in [-0.05, 0) is 84.9 Å². The molecule has 0 radical (unpaired) electrons. The number of aromatic carboxylic acids is 3. The fourth-order valence-corrected chi connectivity index (χ4v) is 5.82. The molecule has 9 rings (SSSR count). The van der Waals surface area contributed by atoms with E-state index in [0.717, 1.165) is 85.5 Å². The summed E-state index contributed by atoms with van der Waals surface area (Å²) >= 11 is 0. The number of carboxylic acids is 3. The first-order chi connectivity index (χ1) is 27.0. The SMILES string of the molecule is Nc1ccccc1N.O=C(O)c1cc(C(=O)O)cc(C(=O)O)c1.c1ccc2[nH]c(-c3cc(-c4nc5ccccc5[nH]4)cc(-c4nc5ccccc5[nH]4)c3)nc2c1. The van der Waals surface area contributed by atoms with Gasteiger partial charge in [0.1, 0.15) is 17.5 Å². The van der Waals surface area contributed by atoms with Gasteiger partial charge in [0.05, 0.1) is 61.2 Å². The molecule has 0 aliphatic rings. The van der Waals surface area contributed by atoms with Crippen LogP contribution in [0, 0.1) is 0 Å². The quantitative estimate of drug-likeness (QED) is 0.0758. The summed E-state index contributed by atoms with van der Waals surface area (Å²) in [5, 5.41) is 25.8. The molecular formula is C42H32N8O6. The maximum absolute atomic E-state index is 10.6. The van der Waals surface area contributed by atoms with E-state index in [2.05, 4.69) is 33.2 Å². The van der Waals surface area contributed by atoms with Crippen LogP contribution in [0.1, 0.15) is 31.1 Å². The number of carboxylic acid groups (broad SMARTS) is 3. The molecule has 0 amide bonds. The second-order valence-corrected chi connectivity index (χ2v) is 12.5. The number of anilines is 2. The monoisotopic (exact) mass is 744 g/mol. The fourth-order valence-electron chi connectivity index (χ4n) is 5.82. The molecule has 3 heterocycles. The molecule has 0 unspecified atom stereocenters. The van der Waals surface area contributed by atoms with Gasteiger partial charge in [0, 0.05) is 16.7 Å². The maximum atomic E-state index is 10.6. The number of nitrogens with zero attached hydrogens (tertiary/aromatic N) is 3. The zero-order valence-electron chi connectivity index (χ0n) is 29.3. The molecule has 0 aliphatic heterocycles. The van der Waals surface area contributed by atoms with Crippen LogP contribution in [-0.2, 0) is 0 Å². The molecule has 9 aromatic rings. The molecule has 276 valence electrons. The van der Waals surface area contributed by atoms with E-state index in [1.165, 1.54) is 0 Å². The minimum absolute atomic E-state index is 0.368. The summed E-state index contributed by atoms with van der Waals surface area (Å²) in [6, 6.07) is 40.5. The molecule has 6 aromatic carbocycles. The number of imidazole rings is 3. The zero-order chi connectivity index (χ0) is 39.3. The lowest BCUT2D eigenvalue weighted by atomic mass is 10.0. The molecule has 56 heavy (non-hydrogen) atoms. The number of nitrogen functional groups attached to an aromatic ring is 2. The van der Waals surface area contributed by atoms with Crippen molar-refractivity contribution in [3.63, 3.8) is 0 Å². The predicted molar refractivity (Wildman–Crippen MR) is 214 cm³/mol. The standard InChI is InChI=1S/C27H18N6.C9H6O6.C6H8N2/c1-2-8-20-19(7-1)28-25(29-20)16-13-17(26-30-21-9-3-4-10-22(21)31-26)15-18(14-16)27-32-23-11-5-6-12-24(23)33-27;10-7(11)4-1-5(8(12)13)3-6(2-4)9(14)15;7-5-3-1-2-4-6(5)8/h1-15H,(H,28,29)(H,30,31)(H,32,33);1-3H,(H,10,11)(H,12,13)(H,14,15);1-4H,7-8H2. The number of hydrogen-bond acceptors (Lipinski definition) is 8. The first-order valence-electron chi connectivity index (χ1n) is 17.0. The Hall–Kier alpha value is -8.26. The number of aromatic amines is 3. The van der Waals surface area contributed by atoms with Crippen LogP contribution in [0.15, 0.2) is 133 Å². The number of rotatable bonds is 6. The van der Waals surface area contributed by atoms with Gasteiger partial charge in [0.2, 0.25) is 0 Å². The Morgan fingerprint density at radius 3 is 0.929 bits per heavy atom. The van der Waals surface area contributed by atoms with Gasteiger partial charge in [-0.1, -0.05) is 48.5 Å². The third kappa shape index (κ3) is 7.89. The number of fused-ring (bicyclic) bond motifs is 3. The summed E-state index contributed by atoms with van der Waals surface area (Å²) in [4.78, 5) is 56.5. The molecule has 0 fully saturated rings. The van der Waals surface area contributed by atoms with Crippen molar-refractivity contribution < 1.29 is 29.7 Å². The van der Waals surface area contributed by atoms with Gasteiger partial charge in [-0.3, -0.25) is 0 Å². The minimum Gasteiger partial charge on any atom is -0.478 e. The smallest absolute Gasteiger partial charge is 0.335 e. The van der Waals surface area contributed by atoms with Gasteiger partial charge in [-0.15, -0.1) is 0 Å². The van der Waals surface area contributed by atoms with Gasteiger partial charge in [0.15, 0.2) is 0 Å². The number of benzene rings is 6. The van der Waals surface area contributed by atoms with E-state index in [4.69, 9.17) is 41.7 Å². The molecule has 3 aromatic heterocycles. The zero-order valence-corrected chi connectivity index (χ0v) is 29.3. The van der Waals surface area contributed by atoms with Crippen LogP contribution in [-0.4, -0.2) is 63.1 Å². The summed E-state index contributed by atoms with van der Waals surface area (Å²) in [5.41, 5.74) is 19.7. The first-order valence-corrected chi connectivity index (χ1v) is 17.0. The summed E-state index contributed by atoms with van der Waals surface area (Å²) < 4.78 is 0. The van der Waals surface area contributed by atoms with Gasteiger partial charge in [0.25, 0.3) is 0 Å². The van der Waals surface area contributed by atoms with Crippen LogP contribution < -0.4 is 11.5 Å². The Balaban J connectivity index is 0.000000173. The Labute approximate surface area is 317 Å². The van der Waals surface area contributed by atoms with E-state index in [0.29, 0.717) is 11.4 Å². The van der Waals surface area contributed by atoms with E-state index in [-0.39, 0.29) is 16.7 Å². The Kier molecular flexibility index (Phi) is 9.92. The van der Waals surface area contributed by atoms with E-state index >= 15 is 0 Å². The summed E-state index contributed by atoms with van der Waals surface area (Å²) in [6.07, 6.45) is 0. The summed E-state index contributed by atoms with van der Waals surface area (Å²) in [5.74, 6) is -1.69. The second-order valence-electron chi connectivity index (χ2n) is 12.5. The van der Waals surface area contributed by atoms with Crippen molar-refractivity contribution in [3.05, 3.63) is 150 Å². The number of hydrogen-bond donors (Lipinski definition) is 8. The molecule has 0 bridgehead atoms. The lowest BCUT2D eigenvalue weighted by Gasteiger charge is -2.06. The molecule has 14 heteroatoms. The van der Waals surface area contributed by atoms with Gasteiger partial charge >= 0.3 is 17.9 Å². The third-order valence-electron chi connectivity index (χ3n) is 8.59. The molecule has 0 atom stereocenters. The predicted octanol–water partition coefficient (Wildman–Crippen LogP) is 7.95. The highest BCUT2D eigenvalue weighted by Gasteiger charge is 2.16. The van der Waals surface area contributed by atoms with Crippen molar-refractivity contribution in [2.24, 2.45) is 0 Å². The molecule has 0 spiro atoms. The van der Waals surface area contributed by atoms with Crippen molar-refractivity contribution in [1.82, 2.24) is 29.9 Å². The summed E-state index contributed by atoms with van der Waals surface area (Å²) in [6.45, 7) is 0. The van der Waals surface area contributed by atoms with E-state index in [9.17, 15) is 14.4 Å². The number of nitrogens with two attached hydrogens (primary N) is 2. The maximum Gasteiger partial charge on any atom is 0.335 e. The normalized spacial score (nSPS) is 10.7. The van der Waals surface area contributed by atoms with Gasteiger partial charge in [-0.25, -0.2) is 29.3 Å². The minimum atomic E-state index is -1.37. The van der Waals surface area contributed by atoms with Crippen molar-refractivity contribution in [3.8, 4) is 34.2 Å². The number of carbonyl (C=O) groups is 3. The highest BCUT2D eigenvalue weighted by atomic mass is 16.4. The van der Waals surface area contributed by atoms with E-state index in [1.54, 1.807) is 12.1 Å². The molecule has 0 saturated carbocycles. The molecular weight excluding hydrogens is 713 g/mol. The third-order valence-corrected chi connectivity index (χ3v) is 8.59. The first kappa shape index (κ1) is 36.1. The molecule has 10 N–H and O–H groups in total. The van der Waals surface area contributed by atoms with Crippen molar-refractivity contribution in [1.29, 1.82) is 0 Å². The molecule has 0 saturated heterocycles. The number of aromatic nitrogens is 6. The van der Waals surface area contributed by atoms with Crippen LogP contribution in [0.3, 0.4) is 0 Å². The van der Waals surface area contributed by atoms with E-state index in [1.807, 2.05) is 84.9 Å². The second kappa shape index (κ2) is 15.4. The largest absolute Gasteiger partial charge is 0.478 e. The van der Waals surface area contributed by atoms with Crippen LogP contribution in [0.4, 0.5) is 11.4 Å². The fraction of sp³-hybridized carbons (Fsp3) is 0. The number of nitrogens with one attached hydrogen (secondary N) is 3. The number of H-pyrrole nitrogens is 3. The van der Waals surface area contributed by atoms with Crippen LogP contribution in [0.2, 0.25) is 0 Å². The Morgan fingerprint density at radius 2 is 0.679 bits per heavy atom. The topological polar surface area (TPSA) is 250 Å². The highest BCUT2D eigenvalue weighted by Crippen LogP contribution is 2.32. The average Bonchev–Trinajstić information content (AvgIpc) is 3.96.